The molecule has 0 unspecified atom stereocenters. The van der Waals surface area contributed by atoms with Crippen molar-refractivity contribution in [3.8, 4) is 0 Å². The summed E-state index contributed by atoms with van der Waals surface area (Å²) in [6.07, 6.45) is 0. The van der Waals surface area contributed by atoms with E-state index in [2.05, 4.69) is 38.1 Å². The van der Waals surface area contributed by atoms with Crippen LogP contribution < -0.4 is 5.63 Å². The fraction of sp³-hybridized carbons (Fsp3) is 0.105. The first kappa shape index (κ1) is 12.2. The summed E-state index contributed by atoms with van der Waals surface area (Å²) in [5.74, 6) is 0. The van der Waals surface area contributed by atoms with Crippen LogP contribution in [0.5, 0.6) is 0 Å². The lowest BCUT2D eigenvalue weighted by Gasteiger charge is -2.13. The highest BCUT2D eigenvalue weighted by Gasteiger charge is 2.12. The third-order valence-corrected chi connectivity index (χ3v) is 4.30. The molecular weight excluding hydrogens is 260 g/mol. The monoisotopic (exact) mass is 274 g/mol. The molecule has 0 aliphatic rings. The Morgan fingerprint density at radius 3 is 2.19 bits per heavy atom. The molecule has 4 rings (SSSR count). The van der Waals surface area contributed by atoms with E-state index in [4.69, 9.17) is 4.42 Å². The standard InChI is InChI=1S/C19H14O2/c1-11-14-5-3-4-6-15(14)12(2)18-16(11)9-7-13-8-10-17(20)21-19(13)18/h3-10H,1-2H3. The molecule has 102 valence electrons. The van der Waals surface area contributed by atoms with Crippen LogP contribution in [0.4, 0.5) is 0 Å². The van der Waals surface area contributed by atoms with Gasteiger partial charge in [0.1, 0.15) is 5.58 Å². The van der Waals surface area contributed by atoms with E-state index in [-0.39, 0.29) is 5.63 Å². The number of fused-ring (bicyclic) bond motifs is 4. The zero-order chi connectivity index (χ0) is 14.6. The van der Waals surface area contributed by atoms with Gasteiger partial charge >= 0.3 is 5.63 Å². The SMILES string of the molecule is Cc1c2ccccc2c(C)c2c1ccc1ccc(=O)oc12. The van der Waals surface area contributed by atoms with Gasteiger partial charge in [-0.05, 0) is 47.2 Å². The Balaban J connectivity index is 2.39. The van der Waals surface area contributed by atoms with Gasteiger partial charge in [0.25, 0.3) is 0 Å². The number of rotatable bonds is 0. The predicted molar refractivity (Wildman–Crippen MR) is 87.0 cm³/mol. The van der Waals surface area contributed by atoms with Gasteiger partial charge in [-0.25, -0.2) is 4.79 Å². The van der Waals surface area contributed by atoms with E-state index in [9.17, 15) is 4.79 Å². The van der Waals surface area contributed by atoms with Crippen LogP contribution in [0.1, 0.15) is 11.1 Å². The topological polar surface area (TPSA) is 30.2 Å². The van der Waals surface area contributed by atoms with E-state index in [0.29, 0.717) is 5.58 Å². The molecule has 0 amide bonds. The van der Waals surface area contributed by atoms with Gasteiger partial charge in [-0.2, -0.15) is 0 Å². The lowest BCUT2D eigenvalue weighted by molar-refractivity contribution is 0.564. The highest BCUT2D eigenvalue weighted by atomic mass is 16.4. The average Bonchev–Trinajstić information content (AvgIpc) is 2.51. The van der Waals surface area contributed by atoms with E-state index in [1.54, 1.807) is 0 Å². The van der Waals surface area contributed by atoms with E-state index in [1.165, 1.54) is 22.4 Å². The number of hydrogen-bond acceptors (Lipinski definition) is 2. The van der Waals surface area contributed by atoms with Crippen molar-refractivity contribution in [3.63, 3.8) is 0 Å². The third-order valence-electron chi connectivity index (χ3n) is 4.30. The summed E-state index contributed by atoms with van der Waals surface area (Å²) in [6.45, 7) is 4.22. The summed E-state index contributed by atoms with van der Waals surface area (Å²) in [5, 5.41) is 5.61. The number of hydrogen-bond donors (Lipinski definition) is 0. The second-order valence-corrected chi connectivity index (χ2v) is 5.46. The Bertz CT molecular complexity index is 1070. The van der Waals surface area contributed by atoms with Crippen LogP contribution in [0.25, 0.3) is 32.5 Å². The molecule has 0 atom stereocenters. The van der Waals surface area contributed by atoms with Gasteiger partial charge in [0.2, 0.25) is 0 Å². The van der Waals surface area contributed by atoms with Gasteiger partial charge in [0, 0.05) is 16.8 Å². The Morgan fingerprint density at radius 1 is 0.762 bits per heavy atom. The maximum atomic E-state index is 11.6. The van der Waals surface area contributed by atoms with Crippen molar-refractivity contribution in [2.45, 2.75) is 13.8 Å². The first-order valence-corrected chi connectivity index (χ1v) is 7.01. The maximum Gasteiger partial charge on any atom is 0.336 e. The molecule has 0 saturated heterocycles. The molecular formula is C19H14O2. The normalized spacial score (nSPS) is 11.5. The van der Waals surface area contributed by atoms with Crippen LogP contribution in [-0.4, -0.2) is 0 Å². The van der Waals surface area contributed by atoms with Gasteiger partial charge in [-0.15, -0.1) is 0 Å². The van der Waals surface area contributed by atoms with Crippen molar-refractivity contribution in [1.82, 2.24) is 0 Å². The largest absolute Gasteiger partial charge is 0.422 e. The lowest BCUT2D eigenvalue weighted by Crippen LogP contribution is -1.96. The zero-order valence-corrected chi connectivity index (χ0v) is 11.9. The van der Waals surface area contributed by atoms with Crippen molar-refractivity contribution in [3.05, 3.63) is 70.1 Å². The van der Waals surface area contributed by atoms with Crippen LogP contribution in [-0.2, 0) is 0 Å². The van der Waals surface area contributed by atoms with Crippen LogP contribution >= 0.6 is 0 Å². The van der Waals surface area contributed by atoms with E-state index in [1.807, 2.05) is 18.2 Å². The molecule has 0 aliphatic heterocycles. The summed E-state index contributed by atoms with van der Waals surface area (Å²) in [7, 11) is 0. The molecule has 4 aromatic rings. The molecule has 0 saturated carbocycles. The van der Waals surface area contributed by atoms with Gasteiger partial charge in [-0.3, -0.25) is 0 Å². The zero-order valence-electron chi connectivity index (χ0n) is 11.9. The fourth-order valence-electron chi connectivity index (χ4n) is 3.23. The Kier molecular flexibility index (Phi) is 2.43. The Hall–Kier alpha value is -2.61. The summed E-state index contributed by atoms with van der Waals surface area (Å²) in [6, 6.07) is 15.8. The second-order valence-electron chi connectivity index (χ2n) is 5.46. The van der Waals surface area contributed by atoms with Crippen LogP contribution in [0.3, 0.4) is 0 Å². The molecule has 1 aromatic heterocycles. The summed E-state index contributed by atoms with van der Waals surface area (Å²) >= 11 is 0. The molecule has 2 heteroatoms. The van der Waals surface area contributed by atoms with Crippen LogP contribution in [0, 0.1) is 13.8 Å². The smallest absolute Gasteiger partial charge is 0.336 e. The lowest BCUT2D eigenvalue weighted by atomic mass is 9.92. The molecule has 3 aromatic carbocycles. The van der Waals surface area contributed by atoms with Crippen molar-refractivity contribution < 1.29 is 4.42 Å². The van der Waals surface area contributed by atoms with Crippen LogP contribution in [0.2, 0.25) is 0 Å². The Labute approximate surface area is 121 Å². The summed E-state index contributed by atoms with van der Waals surface area (Å²) in [5.41, 5.74) is 2.76. The molecule has 0 fully saturated rings. The molecule has 0 bridgehead atoms. The fourth-order valence-corrected chi connectivity index (χ4v) is 3.23. The molecule has 0 aliphatic carbocycles. The molecule has 21 heavy (non-hydrogen) atoms. The molecule has 0 N–H and O–H groups in total. The van der Waals surface area contributed by atoms with E-state index >= 15 is 0 Å². The molecule has 1 heterocycles. The third kappa shape index (κ3) is 1.62. The average molecular weight is 274 g/mol. The number of benzene rings is 3. The maximum absolute atomic E-state index is 11.6. The van der Waals surface area contributed by atoms with Gasteiger partial charge in [0.05, 0.1) is 0 Å². The summed E-state index contributed by atoms with van der Waals surface area (Å²) < 4.78 is 5.50. The quantitative estimate of drug-likeness (QED) is 0.264. The predicted octanol–water partition coefficient (Wildman–Crippen LogP) is 4.72. The highest BCUT2D eigenvalue weighted by Crippen LogP contribution is 2.35. The molecule has 2 nitrogen and oxygen atoms in total. The van der Waals surface area contributed by atoms with Gasteiger partial charge < -0.3 is 4.42 Å². The van der Waals surface area contributed by atoms with Crippen LogP contribution in [0.15, 0.2) is 57.7 Å². The van der Waals surface area contributed by atoms with Crippen molar-refractivity contribution in [2.24, 2.45) is 0 Å². The minimum atomic E-state index is -0.305. The summed E-state index contributed by atoms with van der Waals surface area (Å²) in [4.78, 5) is 11.6. The van der Waals surface area contributed by atoms with Crippen molar-refractivity contribution >= 4 is 32.5 Å². The molecule has 0 spiro atoms. The first-order valence-electron chi connectivity index (χ1n) is 7.01. The highest BCUT2D eigenvalue weighted by molar-refractivity contribution is 6.14. The minimum absolute atomic E-state index is 0.305. The van der Waals surface area contributed by atoms with E-state index in [0.717, 1.165) is 21.7 Å². The Morgan fingerprint density at radius 2 is 1.43 bits per heavy atom. The van der Waals surface area contributed by atoms with Crippen molar-refractivity contribution in [1.29, 1.82) is 0 Å². The van der Waals surface area contributed by atoms with Gasteiger partial charge in [0.15, 0.2) is 0 Å². The van der Waals surface area contributed by atoms with E-state index < -0.39 is 0 Å². The first-order chi connectivity index (χ1) is 10.2. The number of aryl methyl sites for hydroxylation is 2. The minimum Gasteiger partial charge on any atom is -0.422 e. The van der Waals surface area contributed by atoms with Crippen molar-refractivity contribution in [2.75, 3.05) is 0 Å². The second kappa shape index (κ2) is 4.19. The van der Waals surface area contributed by atoms with Gasteiger partial charge in [-0.1, -0.05) is 36.4 Å². The molecule has 0 radical (unpaired) electrons.